The maximum Gasteiger partial charge on any atom is 0.277 e. The molecule has 1 N–H and O–H groups in total. The van der Waals surface area contributed by atoms with Crippen LogP contribution < -0.4 is 5.32 Å². The number of hydrogen-bond acceptors (Lipinski definition) is 11. The average Bonchev–Trinajstić information content (AvgIpc) is 2.82. The molecule has 0 spiro atoms. The van der Waals surface area contributed by atoms with Crippen LogP contribution in [0.25, 0.3) is 0 Å². The van der Waals surface area contributed by atoms with Crippen LogP contribution in [0.3, 0.4) is 0 Å². The van der Waals surface area contributed by atoms with Gasteiger partial charge in [0.05, 0.1) is 43.0 Å². The maximum atomic E-state index is 11.8. The molecule has 0 aliphatic rings. The molecule has 2 rings (SSSR count). The molecule has 37 heavy (non-hydrogen) atoms. The van der Waals surface area contributed by atoms with Gasteiger partial charge in [-0.25, -0.2) is 0 Å². The monoisotopic (exact) mass is 537 g/mol. The van der Waals surface area contributed by atoms with Crippen LogP contribution in [0.15, 0.2) is 36.4 Å². The van der Waals surface area contributed by atoms with Crippen molar-refractivity contribution < 1.29 is 29.3 Å². The fourth-order valence-corrected chi connectivity index (χ4v) is 2.50. The van der Waals surface area contributed by atoms with Crippen LogP contribution in [0.4, 0.5) is 22.7 Å². The van der Waals surface area contributed by atoms with Crippen molar-refractivity contribution in [2.75, 3.05) is 28.2 Å². The number of thiocarbonyl (C=S) groups is 1. The van der Waals surface area contributed by atoms with Crippen molar-refractivity contribution in [2.24, 2.45) is 0 Å². The summed E-state index contributed by atoms with van der Waals surface area (Å²) >= 11 is 4.85. The molecule has 0 saturated heterocycles. The minimum Gasteiger partial charge on any atom is -0.355 e. The van der Waals surface area contributed by atoms with Crippen molar-refractivity contribution in [3.05, 3.63) is 88.0 Å². The largest absolute Gasteiger partial charge is 0.355 e. The molecule has 0 heterocycles. The SMILES string of the molecule is CN(C)C(=O)c1cc([N+](=O)[O-])cc([N+](=O)[O-])c1.CN(C)C(=S)NC(=O)c1cc([N+](=O)[O-])cc([N+](=O)[O-])c1. The van der Waals surface area contributed by atoms with Crippen molar-refractivity contribution in [1.29, 1.82) is 0 Å². The van der Waals surface area contributed by atoms with Crippen LogP contribution in [0.5, 0.6) is 0 Å². The Kier molecular flexibility index (Phi) is 10.1. The van der Waals surface area contributed by atoms with Gasteiger partial charge >= 0.3 is 0 Å². The highest BCUT2D eigenvalue weighted by molar-refractivity contribution is 7.80. The Morgan fingerprint density at radius 3 is 1.24 bits per heavy atom. The Morgan fingerprint density at radius 2 is 0.973 bits per heavy atom. The Bertz CT molecular complexity index is 1230. The normalized spacial score (nSPS) is 9.73. The summed E-state index contributed by atoms with van der Waals surface area (Å²) in [7, 11) is 6.09. The van der Waals surface area contributed by atoms with Crippen LogP contribution in [0, 0.1) is 40.5 Å². The number of carbonyl (C=O) groups excluding carboxylic acids is 2. The van der Waals surface area contributed by atoms with E-state index >= 15 is 0 Å². The third kappa shape index (κ3) is 8.55. The van der Waals surface area contributed by atoms with Gasteiger partial charge in [-0.1, -0.05) is 0 Å². The summed E-state index contributed by atoms with van der Waals surface area (Å²) in [6.45, 7) is 0. The highest BCUT2D eigenvalue weighted by Gasteiger charge is 2.21. The number of benzene rings is 2. The zero-order chi connectivity index (χ0) is 28.6. The molecule has 0 bridgehead atoms. The third-order valence-corrected chi connectivity index (χ3v) is 4.66. The second-order valence-corrected chi connectivity index (χ2v) is 7.74. The number of nitrogens with zero attached hydrogens (tertiary/aromatic N) is 6. The van der Waals surface area contributed by atoms with Crippen LogP contribution in [-0.4, -0.2) is 74.6 Å². The first-order valence-electron chi connectivity index (χ1n) is 9.67. The van der Waals surface area contributed by atoms with Gasteiger partial charge in [0.2, 0.25) is 0 Å². The summed E-state index contributed by atoms with van der Waals surface area (Å²) in [5.74, 6) is -1.28. The van der Waals surface area contributed by atoms with Crippen molar-refractivity contribution in [2.45, 2.75) is 0 Å². The van der Waals surface area contributed by atoms with E-state index in [0.29, 0.717) is 0 Å². The van der Waals surface area contributed by atoms with Gasteiger partial charge in [0.15, 0.2) is 5.11 Å². The molecular weight excluding hydrogens is 518 g/mol. The molecule has 0 atom stereocenters. The number of rotatable bonds is 6. The maximum absolute atomic E-state index is 11.8. The molecule has 2 aromatic rings. The predicted molar refractivity (Wildman–Crippen MR) is 131 cm³/mol. The molecule has 2 aromatic carbocycles. The lowest BCUT2D eigenvalue weighted by Crippen LogP contribution is -2.38. The first-order chi connectivity index (χ1) is 17.0. The number of nitro groups is 4. The van der Waals surface area contributed by atoms with E-state index in [1.54, 1.807) is 14.1 Å². The Morgan fingerprint density at radius 1 is 0.649 bits per heavy atom. The lowest BCUT2D eigenvalue weighted by atomic mass is 10.1. The van der Waals surface area contributed by atoms with Gasteiger partial charge in [-0.15, -0.1) is 0 Å². The molecule has 0 aliphatic heterocycles. The molecule has 196 valence electrons. The van der Waals surface area contributed by atoms with Crippen molar-refractivity contribution >= 4 is 51.9 Å². The molecule has 0 fully saturated rings. The highest BCUT2D eigenvalue weighted by Crippen LogP contribution is 2.24. The standard InChI is InChI=1S/C10H10N4O5S.C9H9N3O5/c1-12(2)10(20)11-9(15)6-3-7(13(16)17)5-8(4-6)14(18)19;1-10(2)9(13)6-3-7(11(14)15)5-8(4-6)12(16)17/h3-5H,1-2H3,(H,11,15,20);3-5H,1-2H3. The van der Waals surface area contributed by atoms with Gasteiger partial charge in [-0.2, -0.15) is 0 Å². The molecular formula is C19H19N7O10S. The summed E-state index contributed by atoms with van der Waals surface area (Å²) in [4.78, 5) is 65.4. The molecule has 0 aliphatic carbocycles. The van der Waals surface area contributed by atoms with E-state index in [0.717, 1.165) is 36.4 Å². The lowest BCUT2D eigenvalue weighted by molar-refractivity contribution is -0.394. The average molecular weight is 537 g/mol. The summed E-state index contributed by atoms with van der Waals surface area (Å²) in [5, 5.41) is 44.9. The number of non-ortho nitro benzene ring substituents is 4. The second kappa shape index (κ2) is 12.5. The molecule has 18 heteroatoms. The van der Waals surface area contributed by atoms with Crippen LogP contribution in [0.2, 0.25) is 0 Å². The van der Waals surface area contributed by atoms with Crippen molar-refractivity contribution in [3.8, 4) is 0 Å². The van der Waals surface area contributed by atoms with Crippen molar-refractivity contribution in [3.63, 3.8) is 0 Å². The highest BCUT2D eigenvalue weighted by atomic mass is 32.1. The first-order valence-corrected chi connectivity index (χ1v) is 10.1. The second-order valence-electron chi connectivity index (χ2n) is 7.36. The summed E-state index contributed by atoms with van der Waals surface area (Å²) in [6.07, 6.45) is 0. The van der Waals surface area contributed by atoms with Crippen LogP contribution >= 0.6 is 12.2 Å². The predicted octanol–water partition coefficient (Wildman–Crippen LogP) is 2.28. The quantitative estimate of drug-likeness (QED) is 0.318. The van der Waals surface area contributed by atoms with Gasteiger partial charge in [0.25, 0.3) is 34.6 Å². The molecule has 0 unspecified atom stereocenters. The van der Waals surface area contributed by atoms with Crippen LogP contribution in [-0.2, 0) is 0 Å². The summed E-state index contributed by atoms with van der Waals surface area (Å²) < 4.78 is 0. The fraction of sp³-hybridized carbons (Fsp3) is 0.211. The van der Waals surface area contributed by atoms with Gasteiger partial charge in [0, 0.05) is 52.5 Å². The number of nitro benzene ring substituents is 4. The van der Waals surface area contributed by atoms with Gasteiger partial charge in [-0.3, -0.25) is 55.4 Å². The first kappa shape index (κ1) is 29.9. The Labute approximate surface area is 212 Å². The Hall–Kier alpha value is -5.13. The smallest absolute Gasteiger partial charge is 0.277 e. The van der Waals surface area contributed by atoms with E-state index in [9.17, 15) is 50.0 Å². The van der Waals surface area contributed by atoms with E-state index in [-0.39, 0.29) is 16.2 Å². The zero-order valence-corrected chi connectivity index (χ0v) is 20.5. The van der Waals surface area contributed by atoms with E-state index in [4.69, 9.17) is 12.2 Å². The number of carbonyl (C=O) groups is 2. The van der Waals surface area contributed by atoms with Gasteiger partial charge in [0.1, 0.15) is 0 Å². The summed E-state index contributed by atoms with van der Waals surface area (Å²) in [6, 6.07) is 5.50. The minimum atomic E-state index is -0.811. The number of nitrogens with one attached hydrogen (secondary N) is 1. The van der Waals surface area contributed by atoms with Gasteiger partial charge < -0.3 is 9.80 Å². The number of amides is 2. The molecule has 17 nitrogen and oxygen atoms in total. The number of hydrogen-bond donors (Lipinski definition) is 1. The van der Waals surface area contributed by atoms with E-state index in [2.05, 4.69) is 5.32 Å². The van der Waals surface area contributed by atoms with E-state index in [1.165, 1.54) is 23.9 Å². The minimum absolute atomic E-state index is 0.0871. The van der Waals surface area contributed by atoms with Gasteiger partial charge in [-0.05, 0) is 12.2 Å². The topological polar surface area (TPSA) is 225 Å². The molecule has 0 saturated carbocycles. The fourth-order valence-electron chi connectivity index (χ4n) is 2.41. The third-order valence-electron chi connectivity index (χ3n) is 4.19. The van der Waals surface area contributed by atoms with Crippen molar-refractivity contribution in [1.82, 2.24) is 15.1 Å². The Balaban J connectivity index is 0.000000375. The van der Waals surface area contributed by atoms with Crippen LogP contribution in [0.1, 0.15) is 20.7 Å². The van der Waals surface area contributed by atoms with E-state index < -0.39 is 54.3 Å². The molecule has 0 aromatic heterocycles. The lowest BCUT2D eigenvalue weighted by Gasteiger charge is -2.14. The molecule has 0 radical (unpaired) electrons. The summed E-state index contributed by atoms with van der Waals surface area (Å²) in [5.41, 5.74) is -2.35. The van der Waals surface area contributed by atoms with E-state index in [1.807, 2.05) is 0 Å². The molecule has 2 amide bonds. The zero-order valence-electron chi connectivity index (χ0n) is 19.6.